The van der Waals surface area contributed by atoms with E-state index in [1.54, 1.807) is 66.8 Å². The van der Waals surface area contributed by atoms with Crippen molar-refractivity contribution in [3.8, 4) is 22.3 Å². The van der Waals surface area contributed by atoms with Gasteiger partial charge in [-0.25, -0.2) is 0 Å². The van der Waals surface area contributed by atoms with Crippen LogP contribution in [0.4, 0.5) is 0 Å². The maximum atomic E-state index is 4.39. The standard InChI is InChI=1S/2C44H40P2.C2H7N.5ClH.2Ru/c2*1-5-19-35(20-6-1)45(36-21-7-2-8-22-36)41-31-29-33-17-13-15-27-39(33)43(41)44-40-28-16-14-18-34(40)30-32-42(44)46(37-23-9-3-10-24-37)38-25-11-4-12-26-38;1-3-2;;;;;;;/h2*1-12,19-26,29-32H,13-18,27-28H2;3H,1-2H3;5*1H;;/q;;;;;;;;;+2/p-1. The SMILES string of the molecule is CNC.Cl.[Cl-].[ClH+][Ru-]([ClH+])[ClH+].[Ru].c1ccc(P(c2ccccc2)c2ccc3c(c2-c2c(P(c4ccccc4)c4ccccc4)ccc4c2CCCC4)CCCC3)cc1.c1ccc(P(c2ccccc2)c2ccc3c(c2-c2c(P(c4ccccc4)c4ccccc4)ccc4c2CCCC4)CCCC3)cc1. The summed E-state index contributed by atoms with van der Waals surface area (Å²) in [5.74, 6) is 0. The Morgan fingerprint density at radius 2 is 0.382 bits per heavy atom. The quantitative estimate of drug-likeness (QED) is 0.0845. The van der Waals surface area contributed by atoms with Gasteiger partial charge in [-0.05, 0) is 279 Å². The molecule has 1 nitrogen and oxygen atoms in total. The van der Waals surface area contributed by atoms with Crippen LogP contribution >= 0.6 is 44.1 Å². The summed E-state index contributed by atoms with van der Waals surface area (Å²) in [6.45, 7) is 0. The zero-order valence-electron chi connectivity index (χ0n) is 58.0. The van der Waals surface area contributed by atoms with Gasteiger partial charge in [0.15, 0.2) is 0 Å². The Morgan fingerprint density at radius 3 is 0.529 bits per heavy atom. The number of nitrogens with one attached hydrogen (secondary N) is 1. The second kappa shape index (κ2) is 40.1. The molecular formula is C90H91Cl5NP4Ru2+. The third-order valence-electron chi connectivity index (χ3n) is 19.6. The minimum Gasteiger partial charge on any atom is -0.0622 e. The van der Waals surface area contributed by atoms with Gasteiger partial charge >= 0.3 is 42.1 Å². The van der Waals surface area contributed by atoms with E-state index in [4.69, 9.17) is 0 Å². The van der Waals surface area contributed by atoms with Crippen molar-refractivity contribution in [1.82, 2.24) is 5.32 Å². The van der Waals surface area contributed by atoms with Gasteiger partial charge in [-0.2, -0.15) is 0 Å². The van der Waals surface area contributed by atoms with E-state index >= 15 is 0 Å². The molecular weight excluding hydrogens is 1600 g/mol. The average Bonchev–Trinajstić information content (AvgIpc) is 0.739. The van der Waals surface area contributed by atoms with E-state index in [9.17, 15) is 0 Å². The molecule has 0 unspecified atom stereocenters. The van der Waals surface area contributed by atoms with Gasteiger partial charge in [0.05, 0.1) is 0 Å². The Bertz CT molecular complexity index is 3830. The van der Waals surface area contributed by atoms with Crippen molar-refractivity contribution in [1.29, 1.82) is 0 Å². The molecule has 102 heavy (non-hydrogen) atoms. The van der Waals surface area contributed by atoms with Gasteiger partial charge in [-0.1, -0.05) is 291 Å². The molecule has 0 atom stereocenters. The van der Waals surface area contributed by atoms with E-state index in [2.05, 4.69) is 326 Å². The van der Waals surface area contributed by atoms with Crippen LogP contribution in [0.1, 0.15) is 95.9 Å². The van der Waals surface area contributed by atoms with Crippen molar-refractivity contribution in [3.05, 3.63) is 336 Å². The molecule has 0 aromatic heterocycles. The van der Waals surface area contributed by atoms with Gasteiger partial charge in [0.25, 0.3) is 0 Å². The molecule has 0 spiro atoms. The maximum absolute atomic E-state index is 4.39. The number of hydrogen-bond acceptors (Lipinski definition) is 1. The van der Waals surface area contributed by atoms with Crippen LogP contribution in [0.15, 0.2) is 291 Å². The molecule has 4 aliphatic rings. The molecule has 0 bridgehead atoms. The summed E-state index contributed by atoms with van der Waals surface area (Å²) >= 11 is -1.42. The number of hydrogen-bond donors (Lipinski definition) is 1. The molecule has 526 valence electrons. The van der Waals surface area contributed by atoms with E-state index in [0.717, 1.165) is 0 Å². The van der Waals surface area contributed by atoms with Crippen molar-refractivity contribution < 1.29 is 73.9 Å². The summed E-state index contributed by atoms with van der Waals surface area (Å²) in [6, 6.07) is 111. The Balaban J connectivity index is 0.000000196. The average molecular weight is 1690 g/mol. The van der Waals surface area contributed by atoms with Crippen LogP contribution in [0.5, 0.6) is 0 Å². The monoisotopic (exact) mass is 1690 g/mol. The van der Waals surface area contributed by atoms with Gasteiger partial charge in [-0.3, -0.25) is 0 Å². The number of halogens is 5. The fourth-order valence-corrected chi connectivity index (χ4v) is 25.4. The zero-order chi connectivity index (χ0) is 67.7. The van der Waals surface area contributed by atoms with E-state index in [-0.39, 0.29) is 44.3 Å². The van der Waals surface area contributed by atoms with Gasteiger partial charge < -0.3 is 17.7 Å². The molecule has 4 aliphatic carbocycles. The Kier molecular flexibility index (Phi) is 31.3. The van der Waals surface area contributed by atoms with E-state index in [1.807, 2.05) is 14.1 Å². The molecule has 0 radical (unpaired) electrons. The number of rotatable bonds is 14. The first kappa shape index (κ1) is 79.6. The van der Waals surface area contributed by atoms with Gasteiger partial charge in [-0.15, -0.1) is 12.4 Å². The first-order valence-corrected chi connectivity index (χ1v) is 48.0. The minimum atomic E-state index is -1.42. The summed E-state index contributed by atoms with van der Waals surface area (Å²) in [4.78, 5) is 0. The summed E-state index contributed by atoms with van der Waals surface area (Å²) < 4.78 is 0. The molecule has 0 saturated carbocycles. The van der Waals surface area contributed by atoms with Crippen molar-refractivity contribution >= 4 is 108 Å². The molecule has 1 N–H and O–H groups in total. The second-order valence-electron chi connectivity index (χ2n) is 25.9. The fraction of sp³-hybridized carbons (Fsp3) is 0.200. The fourth-order valence-electron chi connectivity index (χ4n) is 15.4. The van der Waals surface area contributed by atoms with Gasteiger partial charge in [0.2, 0.25) is 0 Å². The third-order valence-corrected chi connectivity index (χ3v) is 29.6. The minimum absolute atomic E-state index is 0. The molecule has 0 amide bonds. The van der Waals surface area contributed by atoms with E-state index < -0.39 is 44.7 Å². The molecule has 0 heterocycles. The topological polar surface area (TPSA) is 12.0 Å². The normalized spacial score (nSPS) is 13.4. The number of aryl methyl sites for hydroxylation is 4. The van der Waals surface area contributed by atoms with Crippen molar-refractivity contribution in [2.24, 2.45) is 0 Å². The van der Waals surface area contributed by atoms with E-state index in [0.29, 0.717) is 0 Å². The largest absolute Gasteiger partial charge is 0.0622 e. The number of benzene rings is 12. The molecule has 0 aliphatic heterocycles. The van der Waals surface area contributed by atoms with Crippen LogP contribution in [0.2, 0.25) is 0 Å². The summed E-state index contributed by atoms with van der Waals surface area (Å²) in [6.07, 6.45) is 19.7. The van der Waals surface area contributed by atoms with Crippen LogP contribution in [0.3, 0.4) is 0 Å². The zero-order valence-corrected chi connectivity index (χ0v) is 69.1. The summed E-state index contributed by atoms with van der Waals surface area (Å²) in [5, 5.41) is 20.3. The van der Waals surface area contributed by atoms with Crippen molar-refractivity contribution in [2.45, 2.75) is 103 Å². The molecule has 12 aromatic rings. The Labute approximate surface area is 655 Å². The smallest absolute Gasteiger partial charge is 0 e. The molecule has 12 aromatic carbocycles. The van der Waals surface area contributed by atoms with Crippen LogP contribution in [0, 0.1) is 29.1 Å². The number of fused-ring (bicyclic) bond motifs is 4. The molecule has 16 rings (SSSR count). The Hall–Kier alpha value is -4.98. The summed E-state index contributed by atoms with van der Waals surface area (Å²) in [7, 11) is 13.9. The van der Waals surface area contributed by atoms with Crippen LogP contribution in [0.25, 0.3) is 22.3 Å². The third kappa shape index (κ3) is 18.9. The predicted octanol–water partition coefficient (Wildman–Crippen LogP) is 13.7. The Morgan fingerprint density at radius 1 is 0.245 bits per heavy atom. The first-order valence-electron chi connectivity index (χ1n) is 35.4. The first-order chi connectivity index (χ1) is 48.9. The molecule has 12 heteroatoms. The molecule has 0 fully saturated rings. The maximum Gasteiger partial charge on any atom is 0 e. The second-order valence-corrected chi connectivity index (χ2v) is 43.9. The summed E-state index contributed by atoms with van der Waals surface area (Å²) in [5.41, 5.74) is 19.1. The van der Waals surface area contributed by atoms with Gasteiger partial charge in [0.1, 0.15) is 0 Å². The van der Waals surface area contributed by atoms with Crippen LogP contribution in [-0.4, -0.2) is 14.1 Å². The molecule has 0 saturated heterocycles. The van der Waals surface area contributed by atoms with Crippen LogP contribution < -0.4 is 81.4 Å². The van der Waals surface area contributed by atoms with Gasteiger partial charge in [0, 0.05) is 19.5 Å². The van der Waals surface area contributed by atoms with E-state index in [1.165, 1.54) is 166 Å². The predicted molar refractivity (Wildman–Crippen MR) is 432 cm³/mol. The van der Waals surface area contributed by atoms with Crippen molar-refractivity contribution in [2.75, 3.05) is 14.1 Å². The van der Waals surface area contributed by atoms with Crippen molar-refractivity contribution in [3.63, 3.8) is 0 Å². The van der Waals surface area contributed by atoms with Crippen LogP contribution in [-0.2, 0) is 83.8 Å².